The van der Waals surface area contributed by atoms with Gasteiger partial charge in [-0.15, -0.1) is 0 Å². The number of amides is 1. The van der Waals surface area contributed by atoms with Crippen LogP contribution in [-0.2, 0) is 6.54 Å². The van der Waals surface area contributed by atoms with Crippen LogP contribution < -0.4 is 4.74 Å². The smallest absolute Gasteiger partial charge is 0.254 e. The molecule has 152 valence electrons. The number of carbonyl (C=O) groups excluding carboxylic acids is 1. The van der Waals surface area contributed by atoms with Gasteiger partial charge in [-0.25, -0.2) is 4.39 Å². The zero-order valence-electron chi connectivity index (χ0n) is 16.9. The predicted octanol–water partition coefficient (Wildman–Crippen LogP) is 5.04. The molecule has 1 heterocycles. The number of aromatic amines is 1. The van der Waals surface area contributed by atoms with E-state index in [4.69, 9.17) is 4.74 Å². The minimum atomic E-state index is -0.315. The van der Waals surface area contributed by atoms with Crippen LogP contribution in [0.3, 0.4) is 0 Å². The Morgan fingerprint density at radius 1 is 1.13 bits per heavy atom. The average Bonchev–Trinajstić information content (AvgIpc) is 3.21. The van der Waals surface area contributed by atoms with Crippen LogP contribution in [0.15, 0.2) is 66.9 Å². The van der Waals surface area contributed by atoms with Gasteiger partial charge >= 0.3 is 0 Å². The monoisotopic (exact) mass is 403 g/mol. The number of rotatable bonds is 6. The molecule has 0 aliphatic rings. The Balaban J connectivity index is 1.58. The second-order valence-electron chi connectivity index (χ2n) is 7.11. The van der Waals surface area contributed by atoms with Crippen LogP contribution in [0.5, 0.6) is 5.75 Å². The SMILES string of the molecule is CCOc1cc(C(=O)N(C)Cc2ccc3[nH]ncc3c2)ccc1-c1cccc(F)c1. The molecule has 0 saturated heterocycles. The number of nitrogens with one attached hydrogen (secondary N) is 1. The molecule has 4 rings (SSSR count). The maximum Gasteiger partial charge on any atom is 0.254 e. The number of hydrogen-bond acceptors (Lipinski definition) is 3. The summed E-state index contributed by atoms with van der Waals surface area (Å²) in [4.78, 5) is 14.7. The van der Waals surface area contributed by atoms with Gasteiger partial charge < -0.3 is 9.64 Å². The standard InChI is InChI=1S/C24H22FN3O2/c1-3-30-23-13-18(8-9-21(23)17-5-4-6-20(25)12-17)24(29)28(2)15-16-7-10-22-19(11-16)14-26-27-22/h4-14H,3,15H2,1-2H3,(H,26,27). The zero-order valence-corrected chi connectivity index (χ0v) is 16.9. The number of halogens is 1. The normalized spacial score (nSPS) is 10.9. The molecule has 0 saturated carbocycles. The number of aromatic nitrogens is 2. The van der Waals surface area contributed by atoms with Crippen molar-refractivity contribution in [3.63, 3.8) is 0 Å². The summed E-state index contributed by atoms with van der Waals surface area (Å²) in [6.07, 6.45) is 1.76. The Morgan fingerprint density at radius 2 is 2.00 bits per heavy atom. The van der Waals surface area contributed by atoms with Gasteiger partial charge in [0.05, 0.1) is 18.3 Å². The summed E-state index contributed by atoms with van der Waals surface area (Å²) in [6.45, 7) is 2.79. The Kier molecular flexibility index (Phi) is 5.48. The second kappa shape index (κ2) is 8.37. The molecule has 0 radical (unpaired) electrons. The van der Waals surface area contributed by atoms with Crippen molar-refractivity contribution >= 4 is 16.8 Å². The van der Waals surface area contributed by atoms with Gasteiger partial charge in [0.2, 0.25) is 0 Å². The van der Waals surface area contributed by atoms with Gasteiger partial charge in [-0.2, -0.15) is 5.10 Å². The highest BCUT2D eigenvalue weighted by molar-refractivity contribution is 5.95. The van der Waals surface area contributed by atoms with Crippen molar-refractivity contribution in [1.82, 2.24) is 15.1 Å². The predicted molar refractivity (Wildman–Crippen MR) is 115 cm³/mol. The van der Waals surface area contributed by atoms with Crippen molar-refractivity contribution in [3.05, 3.63) is 83.8 Å². The first kappa shape index (κ1) is 19.6. The number of H-pyrrole nitrogens is 1. The van der Waals surface area contributed by atoms with E-state index in [0.717, 1.165) is 22.0 Å². The van der Waals surface area contributed by atoms with Crippen molar-refractivity contribution in [3.8, 4) is 16.9 Å². The summed E-state index contributed by atoms with van der Waals surface area (Å²) in [5.74, 6) is 0.126. The fourth-order valence-electron chi connectivity index (χ4n) is 3.48. The molecule has 3 aromatic carbocycles. The third-order valence-corrected chi connectivity index (χ3v) is 4.94. The summed E-state index contributed by atoms with van der Waals surface area (Å²) in [6, 6.07) is 17.6. The summed E-state index contributed by atoms with van der Waals surface area (Å²) in [5, 5.41) is 7.95. The van der Waals surface area contributed by atoms with Crippen LogP contribution in [0.1, 0.15) is 22.8 Å². The quantitative estimate of drug-likeness (QED) is 0.491. The zero-order chi connectivity index (χ0) is 21.1. The van der Waals surface area contributed by atoms with Gasteiger partial charge in [0.25, 0.3) is 5.91 Å². The minimum absolute atomic E-state index is 0.117. The number of ether oxygens (including phenoxy) is 1. The van der Waals surface area contributed by atoms with E-state index < -0.39 is 0 Å². The summed E-state index contributed by atoms with van der Waals surface area (Å²) in [7, 11) is 1.77. The fourth-order valence-corrected chi connectivity index (χ4v) is 3.48. The van der Waals surface area contributed by atoms with Gasteiger partial charge in [0.1, 0.15) is 11.6 Å². The van der Waals surface area contributed by atoms with E-state index in [0.29, 0.717) is 30.0 Å². The Morgan fingerprint density at radius 3 is 2.80 bits per heavy atom. The van der Waals surface area contributed by atoms with E-state index in [1.165, 1.54) is 12.1 Å². The summed E-state index contributed by atoms with van der Waals surface area (Å²) < 4.78 is 19.4. The van der Waals surface area contributed by atoms with Gasteiger partial charge in [-0.3, -0.25) is 9.89 Å². The Labute approximate surface area is 174 Å². The largest absolute Gasteiger partial charge is 0.493 e. The number of hydrogen-bond donors (Lipinski definition) is 1. The first-order valence-corrected chi connectivity index (χ1v) is 9.75. The van der Waals surface area contributed by atoms with Gasteiger partial charge in [0.15, 0.2) is 0 Å². The molecule has 6 heteroatoms. The highest BCUT2D eigenvalue weighted by atomic mass is 19.1. The first-order chi connectivity index (χ1) is 14.5. The van der Waals surface area contributed by atoms with Crippen LogP contribution >= 0.6 is 0 Å². The number of benzene rings is 3. The highest BCUT2D eigenvalue weighted by Gasteiger charge is 2.16. The van der Waals surface area contributed by atoms with Crippen molar-refractivity contribution in [2.75, 3.05) is 13.7 Å². The molecule has 1 aromatic heterocycles. The van der Waals surface area contributed by atoms with E-state index in [-0.39, 0.29) is 11.7 Å². The minimum Gasteiger partial charge on any atom is -0.493 e. The van der Waals surface area contributed by atoms with Gasteiger partial charge in [-0.1, -0.05) is 18.2 Å². The van der Waals surface area contributed by atoms with Gasteiger partial charge in [0, 0.05) is 30.1 Å². The van der Waals surface area contributed by atoms with Crippen molar-refractivity contribution in [2.24, 2.45) is 0 Å². The second-order valence-corrected chi connectivity index (χ2v) is 7.11. The van der Waals surface area contributed by atoms with E-state index in [1.807, 2.05) is 31.2 Å². The van der Waals surface area contributed by atoms with Crippen LogP contribution in [0.25, 0.3) is 22.0 Å². The summed E-state index contributed by atoms with van der Waals surface area (Å²) in [5.41, 5.74) is 3.95. The third-order valence-electron chi connectivity index (χ3n) is 4.94. The molecule has 0 unspecified atom stereocenters. The molecule has 30 heavy (non-hydrogen) atoms. The molecule has 1 N–H and O–H groups in total. The van der Waals surface area contributed by atoms with Crippen molar-refractivity contribution < 1.29 is 13.9 Å². The Hall–Kier alpha value is -3.67. The molecule has 5 nitrogen and oxygen atoms in total. The maximum absolute atomic E-state index is 13.7. The molecule has 4 aromatic rings. The fraction of sp³-hybridized carbons (Fsp3) is 0.167. The van der Waals surface area contributed by atoms with E-state index in [2.05, 4.69) is 10.2 Å². The summed E-state index contributed by atoms with van der Waals surface area (Å²) >= 11 is 0. The van der Waals surface area contributed by atoms with Crippen LogP contribution in [0.2, 0.25) is 0 Å². The molecule has 0 bridgehead atoms. The molecule has 0 atom stereocenters. The molecular weight excluding hydrogens is 381 g/mol. The van der Waals surface area contributed by atoms with Crippen LogP contribution in [0, 0.1) is 5.82 Å². The topological polar surface area (TPSA) is 58.2 Å². The third kappa shape index (κ3) is 4.03. The lowest BCUT2D eigenvalue weighted by Gasteiger charge is -2.19. The number of fused-ring (bicyclic) bond motifs is 1. The average molecular weight is 403 g/mol. The van der Waals surface area contributed by atoms with Gasteiger partial charge in [-0.05, 0) is 60.5 Å². The lowest BCUT2D eigenvalue weighted by molar-refractivity contribution is 0.0784. The number of nitrogens with zero attached hydrogens (tertiary/aromatic N) is 2. The lowest BCUT2D eigenvalue weighted by Crippen LogP contribution is -2.26. The lowest BCUT2D eigenvalue weighted by atomic mass is 10.0. The van der Waals surface area contributed by atoms with Crippen LogP contribution in [0.4, 0.5) is 4.39 Å². The Bertz CT molecular complexity index is 1200. The van der Waals surface area contributed by atoms with Crippen molar-refractivity contribution in [1.29, 1.82) is 0 Å². The highest BCUT2D eigenvalue weighted by Crippen LogP contribution is 2.32. The first-order valence-electron chi connectivity index (χ1n) is 9.75. The van der Waals surface area contributed by atoms with E-state index in [1.54, 1.807) is 42.4 Å². The molecular formula is C24H22FN3O2. The molecule has 1 amide bonds. The van der Waals surface area contributed by atoms with E-state index in [9.17, 15) is 9.18 Å². The number of carbonyl (C=O) groups is 1. The van der Waals surface area contributed by atoms with E-state index >= 15 is 0 Å². The van der Waals surface area contributed by atoms with Crippen molar-refractivity contribution in [2.45, 2.75) is 13.5 Å². The molecule has 0 aliphatic carbocycles. The molecule has 0 spiro atoms. The molecule has 0 aliphatic heterocycles. The van der Waals surface area contributed by atoms with Crippen LogP contribution in [-0.4, -0.2) is 34.7 Å². The molecule has 0 fully saturated rings. The maximum atomic E-state index is 13.7.